The highest BCUT2D eigenvalue weighted by atomic mass is 16.2. The van der Waals surface area contributed by atoms with E-state index in [1.54, 1.807) is 12.5 Å². The number of benzene rings is 1. The largest absolute Gasteiger partial charge is 0.356 e. The van der Waals surface area contributed by atoms with Gasteiger partial charge in [-0.3, -0.25) is 4.79 Å². The second kappa shape index (κ2) is 7.07. The molecule has 1 heterocycles. The van der Waals surface area contributed by atoms with E-state index < -0.39 is 5.41 Å². The highest BCUT2D eigenvalue weighted by molar-refractivity contribution is 5.82. The molecule has 2 aromatic rings. The van der Waals surface area contributed by atoms with Gasteiger partial charge in [-0.2, -0.15) is 0 Å². The molecule has 4 nitrogen and oxygen atoms in total. The molecule has 0 saturated carbocycles. The smallest absolute Gasteiger partial charge is 0.225 e. The molecule has 2 rings (SSSR count). The van der Waals surface area contributed by atoms with Crippen LogP contribution in [-0.2, 0) is 17.8 Å². The second-order valence-corrected chi connectivity index (χ2v) is 5.96. The molecule has 112 valence electrons. The van der Waals surface area contributed by atoms with E-state index in [2.05, 4.69) is 22.4 Å². The van der Waals surface area contributed by atoms with Crippen LogP contribution < -0.4 is 5.32 Å². The zero-order valence-electron chi connectivity index (χ0n) is 12.7. The molecule has 0 fully saturated rings. The van der Waals surface area contributed by atoms with E-state index in [4.69, 9.17) is 0 Å². The highest BCUT2D eigenvalue weighted by Gasteiger charge is 2.27. The van der Waals surface area contributed by atoms with Gasteiger partial charge in [-0.15, -0.1) is 0 Å². The van der Waals surface area contributed by atoms with Crippen LogP contribution in [0.1, 0.15) is 25.8 Å². The summed E-state index contributed by atoms with van der Waals surface area (Å²) >= 11 is 0. The number of imidazole rings is 1. The first-order valence-electron chi connectivity index (χ1n) is 7.36. The number of hydrogen-bond acceptors (Lipinski definition) is 2. The highest BCUT2D eigenvalue weighted by Crippen LogP contribution is 2.21. The SMILES string of the molecule is CC(C)(Cc1ccccc1)C(=O)NCCCn1ccnc1. The predicted octanol–water partition coefficient (Wildman–Crippen LogP) is 2.66. The molecule has 0 aliphatic rings. The van der Waals surface area contributed by atoms with Crippen LogP contribution in [0.5, 0.6) is 0 Å². The van der Waals surface area contributed by atoms with Crippen LogP contribution in [0.15, 0.2) is 49.1 Å². The number of hydrogen-bond donors (Lipinski definition) is 1. The van der Waals surface area contributed by atoms with E-state index in [9.17, 15) is 4.79 Å². The van der Waals surface area contributed by atoms with Crippen molar-refractivity contribution in [1.29, 1.82) is 0 Å². The van der Waals surface area contributed by atoms with E-state index in [-0.39, 0.29) is 5.91 Å². The number of carbonyl (C=O) groups is 1. The first kappa shape index (κ1) is 15.3. The first-order chi connectivity index (χ1) is 10.1. The number of carbonyl (C=O) groups excluding carboxylic acids is 1. The summed E-state index contributed by atoms with van der Waals surface area (Å²) in [5.74, 6) is 0.108. The fraction of sp³-hybridized carbons (Fsp3) is 0.412. The van der Waals surface area contributed by atoms with Gasteiger partial charge in [0.15, 0.2) is 0 Å². The van der Waals surface area contributed by atoms with Gasteiger partial charge in [0, 0.05) is 30.9 Å². The second-order valence-electron chi connectivity index (χ2n) is 5.96. The first-order valence-corrected chi connectivity index (χ1v) is 7.36. The van der Waals surface area contributed by atoms with Crippen molar-refractivity contribution in [3.05, 3.63) is 54.6 Å². The molecule has 0 saturated heterocycles. The number of nitrogens with one attached hydrogen (secondary N) is 1. The van der Waals surface area contributed by atoms with Gasteiger partial charge in [-0.1, -0.05) is 44.2 Å². The molecule has 21 heavy (non-hydrogen) atoms. The fourth-order valence-corrected chi connectivity index (χ4v) is 2.31. The van der Waals surface area contributed by atoms with Gasteiger partial charge in [0.1, 0.15) is 0 Å². The Bertz CT molecular complexity index is 547. The predicted molar refractivity (Wildman–Crippen MR) is 83.8 cm³/mol. The number of aromatic nitrogens is 2. The molecule has 0 aliphatic heterocycles. The molecular weight excluding hydrogens is 262 g/mol. The molecule has 1 aromatic heterocycles. The number of amides is 1. The van der Waals surface area contributed by atoms with Crippen molar-refractivity contribution in [2.45, 2.75) is 33.2 Å². The molecule has 0 unspecified atom stereocenters. The minimum absolute atomic E-state index is 0.108. The summed E-state index contributed by atoms with van der Waals surface area (Å²) in [5, 5.41) is 3.03. The summed E-state index contributed by atoms with van der Waals surface area (Å²) in [6.07, 6.45) is 7.15. The normalized spacial score (nSPS) is 11.3. The lowest BCUT2D eigenvalue weighted by Gasteiger charge is -2.23. The Morgan fingerprint density at radius 1 is 1.29 bits per heavy atom. The average molecular weight is 285 g/mol. The van der Waals surface area contributed by atoms with Crippen LogP contribution in [0.3, 0.4) is 0 Å². The van der Waals surface area contributed by atoms with E-state index in [0.717, 1.165) is 19.4 Å². The molecule has 1 amide bonds. The Morgan fingerprint density at radius 2 is 2.05 bits per heavy atom. The van der Waals surface area contributed by atoms with Gasteiger partial charge >= 0.3 is 0 Å². The molecule has 0 atom stereocenters. The van der Waals surface area contributed by atoms with Gasteiger partial charge in [0.05, 0.1) is 6.33 Å². The molecule has 1 aromatic carbocycles. The van der Waals surface area contributed by atoms with E-state index in [1.165, 1.54) is 5.56 Å². The molecule has 0 bridgehead atoms. The van der Waals surface area contributed by atoms with Gasteiger partial charge in [-0.25, -0.2) is 4.98 Å². The molecule has 0 spiro atoms. The van der Waals surface area contributed by atoms with Crippen molar-refractivity contribution in [3.63, 3.8) is 0 Å². The summed E-state index contributed by atoms with van der Waals surface area (Å²) in [4.78, 5) is 16.3. The van der Waals surface area contributed by atoms with Crippen LogP contribution in [0, 0.1) is 5.41 Å². The quantitative estimate of drug-likeness (QED) is 0.795. The van der Waals surface area contributed by atoms with Crippen molar-refractivity contribution in [2.75, 3.05) is 6.54 Å². The standard InChI is InChI=1S/C17H23N3O/c1-17(2,13-15-7-4-3-5-8-15)16(21)19-9-6-11-20-12-10-18-14-20/h3-5,7-8,10,12,14H,6,9,11,13H2,1-2H3,(H,19,21). The van der Waals surface area contributed by atoms with Crippen LogP contribution >= 0.6 is 0 Å². The monoisotopic (exact) mass is 285 g/mol. The van der Waals surface area contributed by atoms with Crippen LogP contribution in [0.25, 0.3) is 0 Å². The average Bonchev–Trinajstić information content (AvgIpc) is 2.97. The van der Waals surface area contributed by atoms with Gasteiger partial charge < -0.3 is 9.88 Å². The number of aryl methyl sites for hydroxylation is 1. The van der Waals surface area contributed by atoms with Crippen molar-refractivity contribution in [2.24, 2.45) is 5.41 Å². The third-order valence-electron chi connectivity index (χ3n) is 3.54. The maximum Gasteiger partial charge on any atom is 0.225 e. The third-order valence-corrected chi connectivity index (χ3v) is 3.54. The van der Waals surface area contributed by atoms with E-state index >= 15 is 0 Å². The minimum Gasteiger partial charge on any atom is -0.356 e. The van der Waals surface area contributed by atoms with Crippen molar-refractivity contribution in [1.82, 2.24) is 14.9 Å². The van der Waals surface area contributed by atoms with E-state index in [1.807, 2.05) is 42.8 Å². The van der Waals surface area contributed by atoms with Gasteiger partial charge in [0.25, 0.3) is 0 Å². The zero-order chi connectivity index (χ0) is 15.1. The molecule has 0 aliphatic carbocycles. The topological polar surface area (TPSA) is 46.9 Å². The van der Waals surface area contributed by atoms with Crippen LogP contribution in [-0.4, -0.2) is 22.0 Å². The summed E-state index contributed by atoms with van der Waals surface area (Å²) in [5.41, 5.74) is 0.798. The summed E-state index contributed by atoms with van der Waals surface area (Å²) in [6, 6.07) is 10.1. The summed E-state index contributed by atoms with van der Waals surface area (Å²) in [7, 11) is 0. The summed E-state index contributed by atoms with van der Waals surface area (Å²) < 4.78 is 2.02. The van der Waals surface area contributed by atoms with Crippen LogP contribution in [0.4, 0.5) is 0 Å². The number of nitrogens with zero attached hydrogens (tertiary/aromatic N) is 2. The molecular formula is C17H23N3O. The van der Waals surface area contributed by atoms with Crippen LogP contribution in [0.2, 0.25) is 0 Å². The van der Waals surface area contributed by atoms with Crippen molar-refractivity contribution in [3.8, 4) is 0 Å². The fourth-order valence-electron chi connectivity index (χ4n) is 2.31. The Hall–Kier alpha value is -2.10. The maximum absolute atomic E-state index is 12.3. The Morgan fingerprint density at radius 3 is 2.71 bits per heavy atom. The number of rotatable bonds is 7. The lowest BCUT2D eigenvalue weighted by Crippen LogP contribution is -2.39. The van der Waals surface area contributed by atoms with Crippen molar-refractivity contribution >= 4 is 5.91 Å². The molecule has 1 N–H and O–H groups in total. The lowest BCUT2D eigenvalue weighted by molar-refractivity contribution is -0.129. The van der Waals surface area contributed by atoms with E-state index in [0.29, 0.717) is 6.54 Å². The lowest BCUT2D eigenvalue weighted by atomic mass is 9.85. The Balaban J connectivity index is 1.76. The Kier molecular flexibility index (Phi) is 5.14. The maximum atomic E-state index is 12.3. The third kappa shape index (κ3) is 4.74. The molecule has 0 radical (unpaired) electrons. The minimum atomic E-state index is -0.393. The molecule has 4 heteroatoms. The van der Waals surface area contributed by atoms with Crippen molar-refractivity contribution < 1.29 is 4.79 Å². The Labute approximate surface area is 126 Å². The zero-order valence-corrected chi connectivity index (χ0v) is 12.7. The van der Waals surface area contributed by atoms with Gasteiger partial charge in [0.2, 0.25) is 5.91 Å². The summed E-state index contributed by atoms with van der Waals surface area (Å²) in [6.45, 7) is 5.55. The van der Waals surface area contributed by atoms with Gasteiger partial charge in [-0.05, 0) is 18.4 Å².